The largest absolute Gasteiger partial charge is 0.460 e. The Balaban J connectivity index is 2.14. The van der Waals surface area contributed by atoms with E-state index >= 15 is 0 Å². The van der Waals surface area contributed by atoms with E-state index in [2.05, 4.69) is 4.74 Å². The molecule has 1 saturated carbocycles. The predicted molar refractivity (Wildman–Crippen MR) is 83.0 cm³/mol. The van der Waals surface area contributed by atoms with E-state index < -0.39 is 58.2 Å². The fourth-order valence-corrected chi connectivity index (χ4v) is 2.75. The highest BCUT2D eigenvalue weighted by Crippen LogP contribution is 2.59. The van der Waals surface area contributed by atoms with Gasteiger partial charge in [-0.3, -0.25) is 4.79 Å². The quantitative estimate of drug-likeness (QED) is 0.258. The predicted octanol–water partition coefficient (Wildman–Crippen LogP) is 3.93. The Kier molecular flexibility index (Phi) is 5.44. The Morgan fingerprint density at radius 3 is 2.15 bits per heavy atom. The van der Waals surface area contributed by atoms with Crippen LogP contribution < -0.4 is 4.74 Å². The lowest BCUT2D eigenvalue weighted by atomic mass is 10.1. The maximum absolute atomic E-state index is 13.6. The van der Waals surface area contributed by atoms with Crippen molar-refractivity contribution in [3.05, 3.63) is 41.5 Å². The van der Waals surface area contributed by atoms with E-state index in [-0.39, 0.29) is 12.2 Å². The summed E-state index contributed by atoms with van der Waals surface area (Å²) in [5.41, 5.74) is -0.662. The molecule has 1 aliphatic rings. The SMILES string of the molecule is CC(C)OC(=O)C=CC1C(C(=O)Oc2c(F)c(F)cc(F)c2F)C1(C)C. The third-order valence-corrected chi connectivity index (χ3v) is 4.23. The van der Waals surface area contributed by atoms with Crippen LogP contribution in [0.2, 0.25) is 0 Å². The molecule has 1 aromatic carbocycles. The fourth-order valence-electron chi connectivity index (χ4n) is 2.75. The van der Waals surface area contributed by atoms with Crippen LogP contribution in [0.15, 0.2) is 18.2 Å². The van der Waals surface area contributed by atoms with E-state index in [0.717, 1.165) is 6.08 Å². The van der Waals surface area contributed by atoms with Crippen LogP contribution in [-0.2, 0) is 14.3 Å². The molecule has 0 spiro atoms. The molecule has 4 nitrogen and oxygen atoms in total. The van der Waals surface area contributed by atoms with E-state index in [1.54, 1.807) is 27.7 Å². The van der Waals surface area contributed by atoms with Crippen LogP contribution in [0.4, 0.5) is 17.6 Å². The fraction of sp³-hybridized carbons (Fsp3) is 0.444. The van der Waals surface area contributed by atoms with Gasteiger partial charge in [-0.15, -0.1) is 0 Å². The normalized spacial score (nSPS) is 21.1. The molecule has 0 radical (unpaired) electrons. The van der Waals surface area contributed by atoms with Gasteiger partial charge in [-0.2, -0.15) is 8.78 Å². The first-order valence-electron chi connectivity index (χ1n) is 7.90. The van der Waals surface area contributed by atoms with Crippen molar-refractivity contribution in [1.29, 1.82) is 0 Å². The number of benzene rings is 1. The summed E-state index contributed by atoms with van der Waals surface area (Å²) >= 11 is 0. The molecule has 0 heterocycles. The van der Waals surface area contributed by atoms with Crippen molar-refractivity contribution in [3.8, 4) is 5.75 Å². The summed E-state index contributed by atoms with van der Waals surface area (Å²) in [7, 11) is 0. The monoisotopic (exact) mass is 374 g/mol. The third-order valence-electron chi connectivity index (χ3n) is 4.23. The lowest BCUT2D eigenvalue weighted by Gasteiger charge is -2.08. The number of rotatable bonds is 5. The van der Waals surface area contributed by atoms with Gasteiger partial charge in [0.2, 0.25) is 17.4 Å². The standard InChI is InChI=1S/C18H18F4O4/c1-8(2)25-12(23)6-5-9-13(18(9,3)4)17(24)26-16-14(21)10(19)7-11(20)15(16)22/h5-9,13H,1-4H3. The highest BCUT2D eigenvalue weighted by Gasteiger charge is 2.61. The number of carbonyl (C=O) groups excluding carboxylic acids is 2. The second kappa shape index (κ2) is 7.09. The van der Waals surface area contributed by atoms with Gasteiger partial charge in [0.15, 0.2) is 11.6 Å². The second-order valence-corrected chi connectivity index (χ2v) is 6.89. The van der Waals surface area contributed by atoms with E-state index in [0.29, 0.717) is 0 Å². The van der Waals surface area contributed by atoms with Crippen LogP contribution in [0.1, 0.15) is 27.7 Å². The van der Waals surface area contributed by atoms with Gasteiger partial charge in [-0.05, 0) is 25.2 Å². The molecule has 26 heavy (non-hydrogen) atoms. The van der Waals surface area contributed by atoms with Crippen LogP contribution in [0.25, 0.3) is 0 Å². The van der Waals surface area contributed by atoms with Crippen LogP contribution in [-0.4, -0.2) is 18.0 Å². The molecule has 0 aromatic heterocycles. The minimum absolute atomic E-state index is 0.0228. The molecule has 2 unspecified atom stereocenters. The number of ether oxygens (including phenoxy) is 2. The van der Waals surface area contributed by atoms with Crippen molar-refractivity contribution < 1.29 is 36.6 Å². The topological polar surface area (TPSA) is 52.6 Å². The van der Waals surface area contributed by atoms with Gasteiger partial charge >= 0.3 is 11.9 Å². The molecule has 1 aliphatic carbocycles. The minimum Gasteiger partial charge on any atom is -0.460 e. The van der Waals surface area contributed by atoms with Gasteiger partial charge in [-0.1, -0.05) is 19.9 Å². The van der Waals surface area contributed by atoms with Gasteiger partial charge in [-0.25, -0.2) is 13.6 Å². The average Bonchev–Trinajstić information content (AvgIpc) is 3.08. The van der Waals surface area contributed by atoms with Crippen LogP contribution >= 0.6 is 0 Å². The van der Waals surface area contributed by atoms with Crippen molar-refractivity contribution in [2.45, 2.75) is 33.8 Å². The molecule has 0 aliphatic heterocycles. The number of allylic oxidation sites excluding steroid dienone is 1. The molecule has 142 valence electrons. The van der Waals surface area contributed by atoms with Gasteiger partial charge in [0.25, 0.3) is 0 Å². The van der Waals surface area contributed by atoms with E-state index in [9.17, 15) is 27.2 Å². The highest BCUT2D eigenvalue weighted by atomic mass is 19.2. The first-order chi connectivity index (χ1) is 12.0. The number of carbonyl (C=O) groups is 2. The van der Waals surface area contributed by atoms with E-state index in [1.807, 2.05) is 0 Å². The Labute approximate surface area is 147 Å². The van der Waals surface area contributed by atoms with Crippen molar-refractivity contribution in [3.63, 3.8) is 0 Å². The zero-order valence-corrected chi connectivity index (χ0v) is 14.6. The zero-order chi connectivity index (χ0) is 19.8. The molecular weight excluding hydrogens is 356 g/mol. The molecule has 8 heteroatoms. The average molecular weight is 374 g/mol. The third kappa shape index (κ3) is 3.89. The molecule has 2 atom stereocenters. The lowest BCUT2D eigenvalue weighted by Crippen LogP contribution is -2.16. The Morgan fingerprint density at radius 1 is 1.12 bits per heavy atom. The molecule has 1 aromatic rings. The maximum Gasteiger partial charge on any atom is 0.330 e. The minimum atomic E-state index is -1.79. The zero-order valence-electron chi connectivity index (χ0n) is 14.6. The summed E-state index contributed by atoms with van der Waals surface area (Å²) in [4.78, 5) is 23.7. The number of halogens is 4. The summed E-state index contributed by atoms with van der Waals surface area (Å²) in [5, 5.41) is 0. The molecule has 0 saturated heterocycles. The summed E-state index contributed by atoms with van der Waals surface area (Å²) in [6.07, 6.45) is 2.28. The molecule has 0 bridgehead atoms. The maximum atomic E-state index is 13.6. The van der Waals surface area contributed by atoms with Gasteiger partial charge in [0.05, 0.1) is 12.0 Å². The van der Waals surface area contributed by atoms with Gasteiger partial charge < -0.3 is 9.47 Å². The summed E-state index contributed by atoms with van der Waals surface area (Å²) in [6, 6.07) is 0.0228. The first kappa shape index (κ1) is 19.9. The summed E-state index contributed by atoms with van der Waals surface area (Å²) < 4.78 is 63.1. The number of hydrogen-bond acceptors (Lipinski definition) is 4. The first-order valence-corrected chi connectivity index (χ1v) is 7.90. The molecular formula is C18H18F4O4. The van der Waals surface area contributed by atoms with Crippen molar-refractivity contribution in [1.82, 2.24) is 0 Å². The van der Waals surface area contributed by atoms with Crippen molar-refractivity contribution >= 4 is 11.9 Å². The van der Waals surface area contributed by atoms with Crippen LogP contribution in [0.3, 0.4) is 0 Å². The van der Waals surface area contributed by atoms with Gasteiger partial charge in [0, 0.05) is 12.1 Å². The Bertz CT molecular complexity index is 745. The van der Waals surface area contributed by atoms with E-state index in [4.69, 9.17) is 4.74 Å². The Morgan fingerprint density at radius 2 is 1.65 bits per heavy atom. The second-order valence-electron chi connectivity index (χ2n) is 6.89. The number of esters is 2. The van der Waals surface area contributed by atoms with Crippen molar-refractivity contribution in [2.24, 2.45) is 17.3 Å². The number of hydrogen-bond donors (Lipinski definition) is 0. The molecule has 0 N–H and O–H groups in total. The smallest absolute Gasteiger partial charge is 0.330 e. The Hall–Kier alpha value is -2.38. The van der Waals surface area contributed by atoms with Crippen LogP contribution in [0.5, 0.6) is 5.75 Å². The molecule has 1 fully saturated rings. The summed E-state index contributed by atoms with van der Waals surface area (Å²) in [6.45, 7) is 6.71. The van der Waals surface area contributed by atoms with Gasteiger partial charge in [0.1, 0.15) is 0 Å². The lowest BCUT2D eigenvalue weighted by molar-refractivity contribution is -0.141. The van der Waals surface area contributed by atoms with E-state index in [1.165, 1.54) is 6.08 Å². The highest BCUT2D eigenvalue weighted by molar-refractivity contribution is 5.84. The summed E-state index contributed by atoms with van der Waals surface area (Å²) in [5.74, 6) is -11.3. The van der Waals surface area contributed by atoms with Crippen molar-refractivity contribution in [2.75, 3.05) is 0 Å². The molecule has 0 amide bonds. The molecule has 2 rings (SSSR count). The van der Waals surface area contributed by atoms with Crippen LogP contribution in [0, 0.1) is 40.5 Å².